The fraction of sp³-hybridized carbons (Fsp3) is 0.421. The minimum Gasteiger partial charge on any atom is -0.471 e. The van der Waals surface area contributed by atoms with E-state index in [0.717, 1.165) is 43.1 Å². The first kappa shape index (κ1) is 23.2. The second kappa shape index (κ2) is 10.7. The summed E-state index contributed by atoms with van der Waals surface area (Å²) in [7, 11) is 0. The maximum Gasteiger partial charge on any atom is 0.319 e. The molecule has 1 heterocycles. The van der Waals surface area contributed by atoms with Crippen molar-refractivity contribution in [3.63, 3.8) is 0 Å². The van der Waals surface area contributed by atoms with Crippen LogP contribution in [0.5, 0.6) is 5.88 Å². The summed E-state index contributed by atoms with van der Waals surface area (Å²) in [4.78, 5) is 23.9. The van der Waals surface area contributed by atoms with E-state index in [1.807, 2.05) is 0 Å². The molecule has 0 saturated heterocycles. The third-order valence-electron chi connectivity index (χ3n) is 4.49. The number of hydrogen-bond acceptors (Lipinski definition) is 6. The third-order valence-corrected chi connectivity index (χ3v) is 5.46. The molecule has 3 amide bonds. The Kier molecular flexibility index (Phi) is 7.99. The van der Waals surface area contributed by atoms with E-state index in [-0.39, 0.29) is 27.0 Å². The van der Waals surface area contributed by atoms with Crippen molar-refractivity contribution in [2.24, 2.45) is 5.73 Å². The fourth-order valence-corrected chi connectivity index (χ4v) is 3.65. The average Bonchev–Trinajstić information content (AvgIpc) is 3.43. The molecule has 0 atom stereocenters. The van der Waals surface area contributed by atoms with E-state index in [0.29, 0.717) is 12.6 Å². The maximum absolute atomic E-state index is 13.9. The van der Waals surface area contributed by atoms with Gasteiger partial charge in [0.15, 0.2) is 0 Å². The number of benzene rings is 1. The summed E-state index contributed by atoms with van der Waals surface area (Å²) in [5.41, 5.74) is 4.82. The van der Waals surface area contributed by atoms with Crippen LogP contribution in [0.25, 0.3) is 0 Å². The SMILES string of the molecule is NC(=O)c1c(OCc2c(F)cc(Cl)cc2F)nsc1NC(=O)NCCCCNC1CC1. The molecule has 0 bridgehead atoms. The molecule has 168 valence electrons. The number of nitrogens with two attached hydrogens (primary N) is 1. The van der Waals surface area contributed by atoms with Gasteiger partial charge in [-0.15, -0.1) is 0 Å². The quantitative estimate of drug-likeness (QED) is 0.373. The molecule has 8 nitrogen and oxygen atoms in total. The molecule has 1 aromatic heterocycles. The van der Waals surface area contributed by atoms with Crippen molar-refractivity contribution in [2.45, 2.75) is 38.3 Å². The van der Waals surface area contributed by atoms with Crippen LogP contribution in [0, 0.1) is 11.6 Å². The van der Waals surface area contributed by atoms with Gasteiger partial charge in [0.05, 0.1) is 5.56 Å². The molecule has 0 aliphatic heterocycles. The van der Waals surface area contributed by atoms with Crippen LogP contribution in [0.15, 0.2) is 12.1 Å². The number of nitrogens with zero attached hydrogens (tertiary/aromatic N) is 1. The summed E-state index contributed by atoms with van der Waals surface area (Å²) in [5.74, 6) is -2.92. The van der Waals surface area contributed by atoms with E-state index < -0.39 is 30.2 Å². The molecule has 2 aromatic rings. The van der Waals surface area contributed by atoms with E-state index in [2.05, 4.69) is 20.3 Å². The van der Waals surface area contributed by atoms with Crippen LogP contribution in [-0.4, -0.2) is 35.4 Å². The lowest BCUT2D eigenvalue weighted by molar-refractivity contribution is 0.0996. The first-order valence-electron chi connectivity index (χ1n) is 9.69. The van der Waals surface area contributed by atoms with Crippen molar-refractivity contribution in [3.05, 3.63) is 39.9 Å². The van der Waals surface area contributed by atoms with Crippen LogP contribution < -0.4 is 26.4 Å². The van der Waals surface area contributed by atoms with Gasteiger partial charge in [-0.3, -0.25) is 10.1 Å². The molecule has 0 unspecified atom stereocenters. The molecular formula is C19H22ClF2N5O3S. The highest BCUT2D eigenvalue weighted by atomic mass is 35.5. The number of unbranched alkanes of at least 4 members (excludes halogenated alkanes) is 1. The van der Waals surface area contributed by atoms with Crippen LogP contribution in [0.2, 0.25) is 5.02 Å². The Bertz CT molecular complexity index is 932. The highest BCUT2D eigenvalue weighted by molar-refractivity contribution is 7.11. The molecule has 1 aliphatic carbocycles. The second-order valence-electron chi connectivity index (χ2n) is 7.01. The van der Waals surface area contributed by atoms with E-state index in [1.165, 1.54) is 12.8 Å². The van der Waals surface area contributed by atoms with Crippen LogP contribution in [0.3, 0.4) is 0 Å². The van der Waals surface area contributed by atoms with Crippen LogP contribution >= 0.6 is 23.1 Å². The van der Waals surface area contributed by atoms with Crippen molar-refractivity contribution >= 4 is 40.1 Å². The average molecular weight is 474 g/mol. The molecule has 3 rings (SSSR count). The lowest BCUT2D eigenvalue weighted by Gasteiger charge is -2.09. The Balaban J connectivity index is 1.53. The first-order chi connectivity index (χ1) is 14.8. The smallest absolute Gasteiger partial charge is 0.319 e. The topological polar surface area (TPSA) is 118 Å². The molecule has 0 spiro atoms. The number of carbonyl (C=O) groups is 2. The summed E-state index contributed by atoms with van der Waals surface area (Å²) in [5, 5.41) is 8.56. The Morgan fingerprint density at radius 2 is 1.90 bits per heavy atom. The summed E-state index contributed by atoms with van der Waals surface area (Å²) < 4.78 is 37.0. The van der Waals surface area contributed by atoms with Crippen molar-refractivity contribution in [1.82, 2.24) is 15.0 Å². The molecule has 5 N–H and O–H groups in total. The Labute approximate surface area is 186 Å². The van der Waals surface area contributed by atoms with Gasteiger partial charge in [0.2, 0.25) is 5.88 Å². The lowest BCUT2D eigenvalue weighted by atomic mass is 10.2. The van der Waals surface area contributed by atoms with Crippen molar-refractivity contribution in [3.8, 4) is 5.88 Å². The highest BCUT2D eigenvalue weighted by Gasteiger charge is 2.23. The lowest BCUT2D eigenvalue weighted by Crippen LogP contribution is -2.30. The zero-order chi connectivity index (χ0) is 22.4. The largest absolute Gasteiger partial charge is 0.471 e. The zero-order valence-corrected chi connectivity index (χ0v) is 18.0. The number of halogens is 3. The van der Waals surface area contributed by atoms with E-state index in [9.17, 15) is 18.4 Å². The number of rotatable bonds is 11. The monoisotopic (exact) mass is 473 g/mol. The Morgan fingerprint density at radius 1 is 1.23 bits per heavy atom. The first-order valence-corrected chi connectivity index (χ1v) is 10.8. The zero-order valence-electron chi connectivity index (χ0n) is 16.5. The number of hydrogen-bond donors (Lipinski definition) is 4. The van der Waals surface area contributed by atoms with Crippen LogP contribution in [-0.2, 0) is 6.61 Å². The number of ether oxygens (including phenoxy) is 1. The standard InChI is InChI=1S/C19H22ClF2N5O3S/c20-10-7-13(21)12(14(22)8-10)9-30-17-15(16(23)28)18(31-27-17)26-19(29)25-6-2-1-5-24-11-3-4-11/h7-8,11,24H,1-6,9H2,(H2,23,28)(H2,25,26,29). The number of carbonyl (C=O) groups excluding carboxylic acids is 2. The number of nitrogens with one attached hydrogen (secondary N) is 3. The normalized spacial score (nSPS) is 13.1. The highest BCUT2D eigenvalue weighted by Crippen LogP contribution is 2.31. The van der Waals surface area contributed by atoms with Gasteiger partial charge in [-0.2, -0.15) is 4.37 Å². The van der Waals surface area contributed by atoms with Gasteiger partial charge in [-0.25, -0.2) is 13.6 Å². The predicted octanol–water partition coefficient (Wildman–Crippen LogP) is 3.41. The van der Waals surface area contributed by atoms with Gasteiger partial charge < -0.3 is 21.1 Å². The second-order valence-corrected chi connectivity index (χ2v) is 8.22. The minimum absolute atomic E-state index is 0.0763. The third kappa shape index (κ3) is 6.74. The molecule has 1 saturated carbocycles. The molecular weight excluding hydrogens is 452 g/mol. The van der Waals surface area contributed by atoms with E-state index >= 15 is 0 Å². The maximum atomic E-state index is 13.9. The summed E-state index contributed by atoms with van der Waals surface area (Å²) in [6, 6.07) is 2.01. The van der Waals surface area contributed by atoms with Gasteiger partial charge in [-0.1, -0.05) is 11.6 Å². The van der Waals surface area contributed by atoms with E-state index in [1.54, 1.807) is 0 Å². The van der Waals surface area contributed by atoms with Gasteiger partial charge in [0, 0.05) is 17.6 Å². The van der Waals surface area contributed by atoms with Crippen molar-refractivity contribution in [2.75, 3.05) is 18.4 Å². The van der Waals surface area contributed by atoms with Gasteiger partial charge in [-0.05, 0) is 55.9 Å². The summed E-state index contributed by atoms with van der Waals surface area (Å²) in [6.07, 6.45) is 4.19. The van der Waals surface area contributed by atoms with Crippen molar-refractivity contribution in [1.29, 1.82) is 0 Å². The molecule has 1 aromatic carbocycles. The number of anilines is 1. The molecule has 12 heteroatoms. The van der Waals surface area contributed by atoms with E-state index in [4.69, 9.17) is 22.1 Å². The number of primary amides is 1. The van der Waals surface area contributed by atoms with Gasteiger partial charge >= 0.3 is 6.03 Å². The van der Waals surface area contributed by atoms with Crippen molar-refractivity contribution < 1.29 is 23.1 Å². The number of urea groups is 1. The molecule has 31 heavy (non-hydrogen) atoms. The van der Waals surface area contributed by atoms with Crippen LogP contribution in [0.1, 0.15) is 41.6 Å². The molecule has 1 aliphatic rings. The fourth-order valence-electron chi connectivity index (χ4n) is 2.72. The Morgan fingerprint density at radius 3 is 2.55 bits per heavy atom. The summed E-state index contributed by atoms with van der Waals surface area (Å²) >= 11 is 6.36. The molecule has 0 radical (unpaired) electrons. The summed E-state index contributed by atoms with van der Waals surface area (Å²) in [6.45, 7) is 0.824. The van der Waals surface area contributed by atoms with Gasteiger partial charge in [0.25, 0.3) is 5.91 Å². The van der Waals surface area contributed by atoms with Crippen LogP contribution in [0.4, 0.5) is 18.6 Å². The number of amides is 3. The Hall–Kier alpha value is -2.50. The minimum atomic E-state index is -0.901. The predicted molar refractivity (Wildman–Crippen MR) is 114 cm³/mol. The van der Waals surface area contributed by atoms with Gasteiger partial charge in [0.1, 0.15) is 28.8 Å². The molecule has 1 fully saturated rings. The number of aromatic nitrogens is 1.